The van der Waals surface area contributed by atoms with Crippen LogP contribution in [0.5, 0.6) is 0 Å². The van der Waals surface area contributed by atoms with Crippen molar-refractivity contribution < 1.29 is 18.0 Å². The Bertz CT molecular complexity index is 726. The van der Waals surface area contributed by atoms with Gasteiger partial charge >= 0.3 is 6.18 Å². The molecule has 1 fully saturated rings. The van der Waals surface area contributed by atoms with Crippen molar-refractivity contribution in [1.82, 2.24) is 10.2 Å². The molecular weight excluding hydrogens is 373 g/mol. The lowest BCUT2D eigenvalue weighted by Crippen LogP contribution is -2.53. The summed E-state index contributed by atoms with van der Waals surface area (Å²) in [6.07, 6.45) is -1.41. The zero-order valence-electron chi connectivity index (χ0n) is 13.6. The zero-order chi connectivity index (χ0) is 18.0. The highest BCUT2D eigenvalue weighted by Crippen LogP contribution is 2.54. The average molecular weight is 391 g/mol. The van der Waals surface area contributed by atoms with Crippen LogP contribution in [-0.4, -0.2) is 47.4 Å². The summed E-state index contributed by atoms with van der Waals surface area (Å²) in [6.45, 7) is 3.04. The van der Waals surface area contributed by atoms with Crippen LogP contribution in [-0.2, 0) is 4.79 Å². The van der Waals surface area contributed by atoms with Gasteiger partial charge in [-0.05, 0) is 36.3 Å². The summed E-state index contributed by atoms with van der Waals surface area (Å²) in [5, 5.41) is 4.97. The molecule has 3 unspecified atom stereocenters. The standard InChI is InChI=1S/C17H18ClF3N2OS/c1-16(18)4-3-9-10-7-22-8-11(14(24)17(19,20)21)12(10)23-5-2-6-25-15(16)13(9)23/h2,6,11-12,22H,3-5,7-8H2,1H3. The highest BCUT2D eigenvalue weighted by Gasteiger charge is 2.54. The molecule has 3 aliphatic heterocycles. The minimum absolute atomic E-state index is 0.0495. The Morgan fingerprint density at radius 3 is 2.96 bits per heavy atom. The summed E-state index contributed by atoms with van der Waals surface area (Å²) in [4.78, 5) is 14.5. The van der Waals surface area contributed by atoms with E-state index < -0.39 is 28.8 Å². The Balaban J connectivity index is 1.85. The van der Waals surface area contributed by atoms with Gasteiger partial charge in [0.2, 0.25) is 5.78 Å². The van der Waals surface area contributed by atoms with Gasteiger partial charge in [0, 0.05) is 24.5 Å². The van der Waals surface area contributed by atoms with Gasteiger partial charge in [-0.3, -0.25) is 4.79 Å². The number of hydrogen-bond donors (Lipinski definition) is 1. The van der Waals surface area contributed by atoms with Crippen LogP contribution in [0.4, 0.5) is 13.2 Å². The number of Topliss-reactive ketones (excluding diaryl/α,β-unsaturated/α-hetero) is 1. The summed E-state index contributed by atoms with van der Waals surface area (Å²) in [7, 11) is 0. The molecule has 3 atom stereocenters. The van der Waals surface area contributed by atoms with Gasteiger partial charge in [-0.2, -0.15) is 13.2 Å². The van der Waals surface area contributed by atoms with Gasteiger partial charge in [-0.1, -0.05) is 17.8 Å². The SMILES string of the molecule is CC1(Cl)CCC2=C3CNCC(C(=O)C(F)(F)F)C3N3CC=CSC1=C23. The van der Waals surface area contributed by atoms with Crippen molar-refractivity contribution in [2.45, 2.75) is 36.9 Å². The number of hydrogen-bond acceptors (Lipinski definition) is 4. The average Bonchev–Trinajstić information content (AvgIpc) is 2.69. The van der Waals surface area contributed by atoms with Gasteiger partial charge in [-0.25, -0.2) is 0 Å². The third kappa shape index (κ3) is 2.66. The van der Waals surface area contributed by atoms with Gasteiger partial charge in [0.25, 0.3) is 0 Å². The van der Waals surface area contributed by atoms with Crippen molar-refractivity contribution in [2.75, 3.05) is 19.6 Å². The highest BCUT2D eigenvalue weighted by molar-refractivity contribution is 8.06. The predicted molar refractivity (Wildman–Crippen MR) is 92.2 cm³/mol. The number of halogens is 4. The summed E-state index contributed by atoms with van der Waals surface area (Å²) >= 11 is 8.27. The molecule has 0 bridgehead atoms. The number of rotatable bonds is 1. The van der Waals surface area contributed by atoms with Gasteiger partial charge < -0.3 is 10.2 Å². The Labute approximate surface area is 153 Å². The quantitative estimate of drug-likeness (QED) is 0.694. The summed E-state index contributed by atoms with van der Waals surface area (Å²) in [6, 6.07) is -0.524. The van der Waals surface area contributed by atoms with Gasteiger partial charge in [0.15, 0.2) is 0 Å². The molecule has 25 heavy (non-hydrogen) atoms. The van der Waals surface area contributed by atoms with Gasteiger partial charge in [0.1, 0.15) is 0 Å². The maximum atomic E-state index is 13.1. The zero-order valence-corrected chi connectivity index (χ0v) is 15.2. The van der Waals surface area contributed by atoms with Crippen molar-refractivity contribution in [3.8, 4) is 0 Å². The first-order valence-electron chi connectivity index (χ1n) is 8.28. The maximum Gasteiger partial charge on any atom is 0.450 e. The van der Waals surface area contributed by atoms with Crippen LogP contribution in [0.15, 0.2) is 33.2 Å². The molecular formula is C17H18ClF3N2OS. The molecule has 0 amide bonds. The largest absolute Gasteiger partial charge is 0.450 e. The lowest BCUT2D eigenvalue weighted by molar-refractivity contribution is -0.177. The fourth-order valence-corrected chi connectivity index (χ4v) is 5.68. The number of nitrogens with one attached hydrogen (secondary N) is 1. The van der Waals surface area contributed by atoms with E-state index in [1.165, 1.54) is 0 Å². The van der Waals surface area contributed by atoms with Crippen LogP contribution < -0.4 is 5.32 Å². The van der Waals surface area contributed by atoms with Crippen LogP contribution >= 0.6 is 23.4 Å². The third-order valence-electron chi connectivity index (χ3n) is 5.45. The number of carbonyl (C=O) groups excluding carboxylic acids is 1. The lowest BCUT2D eigenvalue weighted by atomic mass is 9.83. The monoisotopic (exact) mass is 390 g/mol. The predicted octanol–water partition coefficient (Wildman–Crippen LogP) is 3.58. The van der Waals surface area contributed by atoms with Gasteiger partial charge in [-0.15, -0.1) is 11.6 Å². The molecule has 3 nitrogen and oxygen atoms in total. The van der Waals surface area contributed by atoms with E-state index in [1.54, 1.807) is 11.8 Å². The molecule has 1 aliphatic carbocycles. The number of allylic oxidation sites excluding steroid dienone is 2. The van der Waals surface area contributed by atoms with Crippen LogP contribution in [0, 0.1) is 5.92 Å². The van der Waals surface area contributed by atoms with E-state index in [1.807, 2.05) is 23.3 Å². The van der Waals surface area contributed by atoms with E-state index in [9.17, 15) is 18.0 Å². The molecule has 8 heteroatoms. The number of alkyl halides is 4. The number of ketones is 1. The molecule has 0 radical (unpaired) electrons. The van der Waals surface area contributed by atoms with E-state index in [0.29, 0.717) is 13.1 Å². The third-order valence-corrected chi connectivity index (χ3v) is 7.15. The fraction of sp³-hybridized carbons (Fsp3) is 0.588. The van der Waals surface area contributed by atoms with Gasteiger partial charge in [0.05, 0.1) is 22.5 Å². The minimum atomic E-state index is -4.82. The second kappa shape index (κ2) is 5.79. The molecule has 0 saturated carbocycles. The number of thioether (sulfide) groups is 1. The van der Waals surface area contributed by atoms with E-state index in [2.05, 4.69) is 5.32 Å². The van der Waals surface area contributed by atoms with Crippen molar-refractivity contribution in [2.24, 2.45) is 5.92 Å². The van der Waals surface area contributed by atoms with Crippen LogP contribution in [0.3, 0.4) is 0 Å². The second-order valence-corrected chi connectivity index (χ2v) is 8.82. The number of fused-ring (bicyclic) bond motifs is 2. The molecule has 3 heterocycles. The van der Waals surface area contributed by atoms with E-state index in [4.69, 9.17) is 11.6 Å². The highest BCUT2D eigenvalue weighted by atomic mass is 35.5. The van der Waals surface area contributed by atoms with E-state index in [0.717, 1.165) is 34.6 Å². The van der Waals surface area contributed by atoms with Crippen molar-refractivity contribution in [3.05, 3.63) is 33.2 Å². The van der Waals surface area contributed by atoms with Crippen molar-refractivity contribution in [3.63, 3.8) is 0 Å². The lowest BCUT2D eigenvalue weighted by Gasteiger charge is -2.39. The topological polar surface area (TPSA) is 32.3 Å². The summed E-state index contributed by atoms with van der Waals surface area (Å²) in [5.41, 5.74) is 2.98. The van der Waals surface area contributed by atoms with Crippen LogP contribution in [0.25, 0.3) is 0 Å². The molecule has 136 valence electrons. The Morgan fingerprint density at radius 2 is 2.24 bits per heavy atom. The van der Waals surface area contributed by atoms with Crippen molar-refractivity contribution >= 4 is 29.1 Å². The van der Waals surface area contributed by atoms with E-state index in [-0.39, 0.29) is 6.54 Å². The first kappa shape index (κ1) is 17.5. The summed E-state index contributed by atoms with van der Waals surface area (Å²) < 4.78 is 39.4. The van der Waals surface area contributed by atoms with Crippen molar-refractivity contribution in [1.29, 1.82) is 0 Å². The first-order chi connectivity index (χ1) is 11.7. The molecule has 0 aromatic heterocycles. The maximum absolute atomic E-state index is 13.1. The number of nitrogens with zero attached hydrogens (tertiary/aromatic N) is 1. The number of piperidine rings is 1. The first-order valence-corrected chi connectivity index (χ1v) is 9.53. The smallest absolute Gasteiger partial charge is 0.359 e. The number of carbonyl (C=O) groups is 1. The van der Waals surface area contributed by atoms with E-state index >= 15 is 0 Å². The molecule has 1 saturated heterocycles. The Hall–Kier alpha value is -0.920. The molecule has 4 rings (SSSR count). The van der Waals surface area contributed by atoms with Crippen LogP contribution in [0.2, 0.25) is 0 Å². The normalized spacial score (nSPS) is 34.8. The fourth-order valence-electron chi connectivity index (χ4n) is 4.35. The molecule has 4 aliphatic rings. The minimum Gasteiger partial charge on any atom is -0.359 e. The summed E-state index contributed by atoms with van der Waals surface area (Å²) in [5.74, 6) is -2.76. The molecule has 0 aromatic rings. The molecule has 0 aromatic carbocycles. The second-order valence-electron chi connectivity index (χ2n) is 7.07. The van der Waals surface area contributed by atoms with Crippen LogP contribution in [0.1, 0.15) is 19.8 Å². The Kier molecular flexibility index (Phi) is 4.05. The molecule has 1 N–H and O–H groups in total. The Morgan fingerprint density at radius 1 is 1.48 bits per heavy atom. The molecule has 0 spiro atoms.